The highest BCUT2D eigenvalue weighted by atomic mass is 17.2. The van der Waals surface area contributed by atoms with Crippen LogP contribution in [0.25, 0.3) is 0 Å². The lowest BCUT2D eigenvalue weighted by atomic mass is 9.92. The zero-order valence-corrected chi connectivity index (χ0v) is 19.9. The normalized spacial score (nSPS) is 44.1. The molecule has 198 valence electrons. The third-order valence-corrected chi connectivity index (χ3v) is 7.69. The maximum atomic E-state index is 9.75. The van der Waals surface area contributed by atoms with Gasteiger partial charge in [-0.05, 0) is 77.0 Å². The van der Waals surface area contributed by atoms with Gasteiger partial charge in [0.25, 0.3) is 0 Å². The Morgan fingerprint density at radius 3 is 0.794 bits per heavy atom. The number of aliphatic hydroxyl groups excluding tert-OH is 4. The summed E-state index contributed by atoms with van der Waals surface area (Å²) in [7, 11) is 0. The summed E-state index contributed by atoms with van der Waals surface area (Å²) in [6, 6.07) is 0. The second kappa shape index (κ2) is 13.2. The summed E-state index contributed by atoms with van der Waals surface area (Å²) in [5.74, 6) is 0. The van der Waals surface area contributed by atoms with Crippen molar-refractivity contribution >= 4 is 0 Å². The molecule has 4 fully saturated rings. The Bertz CT molecular complexity index is 528. The average molecular weight is 491 g/mol. The van der Waals surface area contributed by atoms with Crippen LogP contribution in [-0.4, -0.2) is 81.5 Å². The molecule has 0 amide bonds. The largest absolute Gasteiger partial charge is 0.390 e. The summed E-state index contributed by atoms with van der Waals surface area (Å²) in [6.07, 6.45) is 6.97. The molecule has 34 heavy (non-hydrogen) atoms. The molecule has 6 unspecified atom stereocenters. The first-order valence-electron chi connectivity index (χ1n) is 13.1. The van der Waals surface area contributed by atoms with Gasteiger partial charge >= 0.3 is 0 Å². The van der Waals surface area contributed by atoms with E-state index in [9.17, 15) is 20.4 Å². The van der Waals surface area contributed by atoms with Gasteiger partial charge in [-0.2, -0.15) is 0 Å². The maximum absolute atomic E-state index is 9.75. The SMILES string of the molecule is OC1CCC(OOC2CCC(OOC3CCC(OOC4CCC(O)C(O)C4)CC3)CC2)CC1O. The Balaban J connectivity index is 1.02. The van der Waals surface area contributed by atoms with Gasteiger partial charge in [-0.1, -0.05) is 0 Å². The molecule has 0 bridgehead atoms. The van der Waals surface area contributed by atoms with Crippen LogP contribution >= 0.6 is 0 Å². The molecule has 0 spiro atoms. The molecule has 4 rings (SSSR count). The molecular formula is C24H42O10. The standard InChI is InChI=1S/C24H42O10/c25-21-11-9-19(13-23(21)27)33-31-17-5-1-15(2-6-17)29-30-16-3-7-18(8-4-16)32-34-20-10-12-22(26)24(28)14-20/h15-28H,1-14H2. The lowest BCUT2D eigenvalue weighted by Crippen LogP contribution is -2.38. The van der Waals surface area contributed by atoms with E-state index in [0.29, 0.717) is 38.5 Å². The molecule has 0 aliphatic heterocycles. The Hall–Kier alpha value is -0.400. The second-order valence-corrected chi connectivity index (χ2v) is 10.5. The molecule has 0 aromatic carbocycles. The van der Waals surface area contributed by atoms with Gasteiger partial charge in [0.05, 0.1) is 61.0 Å². The molecule has 10 heteroatoms. The summed E-state index contributed by atoms with van der Waals surface area (Å²) in [6.45, 7) is 0. The van der Waals surface area contributed by atoms with Crippen LogP contribution in [0.3, 0.4) is 0 Å². The molecular weight excluding hydrogens is 448 g/mol. The zero-order valence-electron chi connectivity index (χ0n) is 19.9. The van der Waals surface area contributed by atoms with Crippen LogP contribution < -0.4 is 0 Å². The van der Waals surface area contributed by atoms with Crippen molar-refractivity contribution in [2.45, 2.75) is 151 Å². The topological polar surface area (TPSA) is 136 Å². The van der Waals surface area contributed by atoms with Crippen molar-refractivity contribution in [1.29, 1.82) is 0 Å². The summed E-state index contributed by atoms with van der Waals surface area (Å²) in [5.41, 5.74) is 0. The van der Waals surface area contributed by atoms with Crippen molar-refractivity contribution in [2.24, 2.45) is 0 Å². The fourth-order valence-electron chi connectivity index (χ4n) is 5.28. The predicted octanol–water partition coefficient (Wildman–Crippen LogP) is 2.00. The fourth-order valence-corrected chi connectivity index (χ4v) is 5.28. The molecule has 0 saturated heterocycles. The van der Waals surface area contributed by atoms with Gasteiger partial charge in [-0.15, -0.1) is 0 Å². The van der Waals surface area contributed by atoms with Crippen molar-refractivity contribution in [1.82, 2.24) is 0 Å². The van der Waals surface area contributed by atoms with Crippen LogP contribution in [0.15, 0.2) is 0 Å². The van der Waals surface area contributed by atoms with Gasteiger partial charge in [0.2, 0.25) is 0 Å². The molecule has 4 aliphatic rings. The van der Waals surface area contributed by atoms with Crippen LogP contribution in [0.5, 0.6) is 0 Å². The molecule has 0 radical (unpaired) electrons. The summed E-state index contributed by atoms with van der Waals surface area (Å²) < 4.78 is 0. The van der Waals surface area contributed by atoms with E-state index in [-0.39, 0.29) is 36.6 Å². The Kier molecular flexibility index (Phi) is 10.4. The third-order valence-electron chi connectivity index (χ3n) is 7.69. The molecule has 6 atom stereocenters. The van der Waals surface area contributed by atoms with Gasteiger partial charge < -0.3 is 20.4 Å². The zero-order chi connectivity index (χ0) is 23.9. The van der Waals surface area contributed by atoms with Crippen LogP contribution in [-0.2, 0) is 29.3 Å². The van der Waals surface area contributed by atoms with Gasteiger partial charge in [0.1, 0.15) is 0 Å². The summed E-state index contributed by atoms with van der Waals surface area (Å²) in [5, 5.41) is 38.7. The van der Waals surface area contributed by atoms with E-state index >= 15 is 0 Å². The maximum Gasteiger partial charge on any atom is 0.0956 e. The molecule has 10 nitrogen and oxygen atoms in total. The molecule has 0 aromatic heterocycles. The van der Waals surface area contributed by atoms with E-state index < -0.39 is 24.4 Å². The van der Waals surface area contributed by atoms with E-state index in [2.05, 4.69) is 0 Å². The average Bonchev–Trinajstić information content (AvgIpc) is 2.85. The summed E-state index contributed by atoms with van der Waals surface area (Å²) >= 11 is 0. The lowest BCUT2D eigenvalue weighted by molar-refractivity contribution is -0.387. The van der Waals surface area contributed by atoms with E-state index in [1.165, 1.54) is 0 Å². The van der Waals surface area contributed by atoms with Gasteiger partial charge in [-0.25, -0.2) is 29.3 Å². The Morgan fingerprint density at radius 1 is 0.294 bits per heavy atom. The Morgan fingerprint density at radius 2 is 0.529 bits per heavy atom. The minimum absolute atomic E-state index is 0.0185. The number of aliphatic hydroxyl groups is 4. The molecule has 0 heterocycles. The quantitative estimate of drug-likeness (QED) is 0.281. The third kappa shape index (κ3) is 8.06. The fraction of sp³-hybridized carbons (Fsp3) is 1.00. The molecule has 0 aromatic rings. The van der Waals surface area contributed by atoms with E-state index in [0.717, 1.165) is 51.4 Å². The second-order valence-electron chi connectivity index (χ2n) is 10.5. The smallest absolute Gasteiger partial charge is 0.0956 e. The van der Waals surface area contributed by atoms with Gasteiger partial charge in [0, 0.05) is 12.8 Å². The highest BCUT2D eigenvalue weighted by Gasteiger charge is 2.32. The number of hydrogen-bond acceptors (Lipinski definition) is 10. The highest BCUT2D eigenvalue weighted by Crippen LogP contribution is 2.30. The van der Waals surface area contributed by atoms with Crippen LogP contribution in [0.2, 0.25) is 0 Å². The van der Waals surface area contributed by atoms with E-state index in [1.807, 2.05) is 0 Å². The van der Waals surface area contributed by atoms with Gasteiger partial charge in [0.15, 0.2) is 0 Å². The van der Waals surface area contributed by atoms with Crippen molar-refractivity contribution < 1.29 is 49.8 Å². The monoisotopic (exact) mass is 490 g/mol. The van der Waals surface area contributed by atoms with Crippen molar-refractivity contribution in [3.63, 3.8) is 0 Å². The first-order chi connectivity index (χ1) is 16.5. The first kappa shape index (κ1) is 26.7. The minimum atomic E-state index is -0.737. The minimum Gasteiger partial charge on any atom is -0.390 e. The summed E-state index contributed by atoms with van der Waals surface area (Å²) in [4.78, 5) is 33.7. The van der Waals surface area contributed by atoms with Crippen LogP contribution in [0.1, 0.15) is 89.9 Å². The van der Waals surface area contributed by atoms with Gasteiger partial charge in [-0.3, -0.25) is 0 Å². The lowest BCUT2D eigenvalue weighted by Gasteiger charge is -2.33. The molecule has 4 N–H and O–H groups in total. The predicted molar refractivity (Wildman–Crippen MR) is 118 cm³/mol. The molecule has 4 aliphatic carbocycles. The Labute approximate surface area is 201 Å². The van der Waals surface area contributed by atoms with Crippen molar-refractivity contribution in [2.75, 3.05) is 0 Å². The highest BCUT2D eigenvalue weighted by molar-refractivity contribution is 4.80. The van der Waals surface area contributed by atoms with Crippen LogP contribution in [0, 0.1) is 0 Å². The number of hydrogen-bond donors (Lipinski definition) is 4. The van der Waals surface area contributed by atoms with E-state index in [1.54, 1.807) is 0 Å². The molecule has 4 saturated carbocycles. The first-order valence-corrected chi connectivity index (χ1v) is 13.1. The van der Waals surface area contributed by atoms with E-state index in [4.69, 9.17) is 29.3 Å². The van der Waals surface area contributed by atoms with Crippen molar-refractivity contribution in [3.05, 3.63) is 0 Å². The van der Waals surface area contributed by atoms with Crippen LogP contribution in [0.4, 0.5) is 0 Å². The van der Waals surface area contributed by atoms with Crippen molar-refractivity contribution in [3.8, 4) is 0 Å². The number of rotatable bonds is 9.